The van der Waals surface area contributed by atoms with Gasteiger partial charge in [0.15, 0.2) is 0 Å². The summed E-state index contributed by atoms with van der Waals surface area (Å²) in [5, 5.41) is 9.56. The highest BCUT2D eigenvalue weighted by Crippen LogP contribution is 2.31. The van der Waals surface area contributed by atoms with Gasteiger partial charge in [0.05, 0.1) is 36.4 Å². The van der Waals surface area contributed by atoms with Crippen molar-refractivity contribution >= 4 is 34.9 Å². The van der Waals surface area contributed by atoms with Crippen molar-refractivity contribution in [1.29, 1.82) is 0 Å². The average Bonchev–Trinajstić information content (AvgIpc) is 2.90. The quantitative estimate of drug-likeness (QED) is 0.404. The van der Waals surface area contributed by atoms with Crippen molar-refractivity contribution in [1.82, 2.24) is 20.6 Å². The molecule has 3 amide bonds. The number of hydrogen-bond acceptors (Lipinski definition) is 6. The van der Waals surface area contributed by atoms with E-state index in [1.807, 2.05) is 44.3 Å². The van der Waals surface area contributed by atoms with Crippen LogP contribution in [-0.2, 0) is 10.3 Å². The maximum atomic E-state index is 12.9. The molecule has 9 nitrogen and oxygen atoms in total. The Labute approximate surface area is 228 Å². The van der Waals surface area contributed by atoms with Crippen molar-refractivity contribution in [3.8, 4) is 5.75 Å². The summed E-state index contributed by atoms with van der Waals surface area (Å²) < 4.78 is 5.28. The largest absolute Gasteiger partial charge is 0.495 e. The van der Waals surface area contributed by atoms with Gasteiger partial charge >= 0.3 is 6.03 Å². The molecule has 10 heteroatoms. The number of urea groups is 1. The zero-order chi connectivity index (χ0) is 27.3. The van der Waals surface area contributed by atoms with E-state index in [0.717, 1.165) is 23.6 Å². The summed E-state index contributed by atoms with van der Waals surface area (Å²) in [5.74, 6) is 0.500. The van der Waals surface area contributed by atoms with Gasteiger partial charge in [0.2, 0.25) is 5.91 Å². The summed E-state index contributed by atoms with van der Waals surface area (Å²) in [5.41, 5.74) is 2.70. The third-order valence-electron chi connectivity index (χ3n) is 6.65. The molecule has 0 saturated carbocycles. The van der Waals surface area contributed by atoms with E-state index >= 15 is 0 Å². The lowest BCUT2D eigenvalue weighted by Gasteiger charge is -2.40. The minimum atomic E-state index is -0.575. The minimum Gasteiger partial charge on any atom is -0.495 e. The number of ether oxygens (including phenoxy) is 1. The van der Waals surface area contributed by atoms with Crippen LogP contribution < -0.4 is 25.6 Å². The van der Waals surface area contributed by atoms with E-state index in [1.54, 1.807) is 37.6 Å². The van der Waals surface area contributed by atoms with E-state index in [9.17, 15) is 9.59 Å². The second-order valence-corrected chi connectivity index (χ2v) is 10.3. The van der Waals surface area contributed by atoms with Crippen molar-refractivity contribution in [2.75, 3.05) is 30.4 Å². The lowest BCUT2D eigenvalue weighted by Crippen LogP contribution is -2.51. The van der Waals surface area contributed by atoms with E-state index in [2.05, 4.69) is 30.8 Å². The number of anilines is 2. The number of piperidine rings is 1. The molecule has 1 saturated heterocycles. The highest BCUT2D eigenvalue weighted by Gasteiger charge is 2.33. The summed E-state index contributed by atoms with van der Waals surface area (Å²) >= 11 is 5.96. The Kier molecular flexibility index (Phi) is 8.36. The second-order valence-electron chi connectivity index (χ2n) is 9.88. The van der Waals surface area contributed by atoms with Crippen LogP contribution in [0.2, 0.25) is 5.02 Å². The number of hydrogen-bond donors (Lipinski definition) is 3. The molecule has 1 aliphatic rings. The van der Waals surface area contributed by atoms with Crippen molar-refractivity contribution in [2.24, 2.45) is 0 Å². The van der Waals surface area contributed by atoms with Gasteiger partial charge in [-0.25, -0.2) is 4.79 Å². The normalized spacial score (nSPS) is 17.4. The molecule has 200 valence electrons. The predicted octanol–water partition coefficient (Wildman–Crippen LogP) is 4.69. The van der Waals surface area contributed by atoms with Crippen LogP contribution in [0.15, 0.2) is 60.9 Å². The van der Waals surface area contributed by atoms with Crippen molar-refractivity contribution in [3.05, 3.63) is 77.3 Å². The third kappa shape index (κ3) is 6.72. The van der Waals surface area contributed by atoms with Gasteiger partial charge in [0.1, 0.15) is 5.75 Å². The first-order valence-electron chi connectivity index (χ1n) is 12.5. The minimum absolute atomic E-state index is 0.0684. The fourth-order valence-electron chi connectivity index (χ4n) is 4.71. The molecule has 3 heterocycles. The number of benzene rings is 1. The third-order valence-corrected chi connectivity index (χ3v) is 6.90. The van der Waals surface area contributed by atoms with Gasteiger partial charge in [-0.2, -0.15) is 0 Å². The lowest BCUT2D eigenvalue weighted by atomic mass is 9.88. The van der Waals surface area contributed by atoms with E-state index in [1.165, 1.54) is 6.92 Å². The van der Waals surface area contributed by atoms with Gasteiger partial charge < -0.3 is 25.6 Å². The molecule has 0 spiro atoms. The second kappa shape index (κ2) is 11.7. The molecule has 3 aromatic rings. The zero-order valence-corrected chi connectivity index (χ0v) is 22.7. The molecule has 0 bridgehead atoms. The van der Waals surface area contributed by atoms with Crippen LogP contribution in [0.5, 0.6) is 5.75 Å². The predicted molar refractivity (Wildman–Crippen MR) is 149 cm³/mol. The van der Waals surface area contributed by atoms with Crippen molar-refractivity contribution < 1.29 is 14.3 Å². The van der Waals surface area contributed by atoms with Gasteiger partial charge in [-0.05, 0) is 68.8 Å². The summed E-state index contributed by atoms with van der Waals surface area (Å²) in [7, 11) is 1.61. The van der Waals surface area contributed by atoms with Crippen molar-refractivity contribution in [2.45, 2.75) is 44.7 Å². The number of amides is 3. The van der Waals surface area contributed by atoms with Crippen LogP contribution in [0.4, 0.5) is 16.2 Å². The number of rotatable bonds is 7. The maximum Gasteiger partial charge on any atom is 0.319 e. The molecular weight excluding hydrogens is 504 g/mol. The number of nitrogens with one attached hydrogen (secondary N) is 3. The van der Waals surface area contributed by atoms with Gasteiger partial charge in [0.25, 0.3) is 0 Å². The van der Waals surface area contributed by atoms with Gasteiger partial charge in [-0.3, -0.25) is 14.8 Å². The number of halogens is 1. The molecule has 1 aromatic carbocycles. The van der Waals surface area contributed by atoms with Crippen LogP contribution in [0, 0.1) is 0 Å². The number of nitrogens with zero attached hydrogens (tertiary/aromatic N) is 3. The number of methoxy groups -OCH3 is 1. The Morgan fingerprint density at radius 1 is 1.05 bits per heavy atom. The van der Waals surface area contributed by atoms with E-state index < -0.39 is 5.54 Å². The van der Waals surface area contributed by atoms with Crippen LogP contribution in [0.3, 0.4) is 0 Å². The fraction of sp³-hybridized carbons (Fsp3) is 0.357. The topological polar surface area (TPSA) is 108 Å². The number of aromatic nitrogens is 2. The molecule has 0 aliphatic carbocycles. The fourth-order valence-corrected chi connectivity index (χ4v) is 4.83. The molecule has 2 aromatic heterocycles. The number of pyridine rings is 2. The van der Waals surface area contributed by atoms with Crippen molar-refractivity contribution in [3.63, 3.8) is 0 Å². The number of carbonyl (C=O) groups excluding carboxylic acids is 2. The van der Waals surface area contributed by atoms with Gasteiger partial charge in [-0.15, -0.1) is 0 Å². The summed E-state index contributed by atoms with van der Waals surface area (Å²) in [6.45, 7) is 6.72. The molecule has 4 rings (SSSR count). The Hall–Kier alpha value is -3.85. The molecule has 2 unspecified atom stereocenters. The first-order valence-corrected chi connectivity index (χ1v) is 12.9. The smallest absolute Gasteiger partial charge is 0.319 e. The first kappa shape index (κ1) is 27.2. The molecular formula is C28H33ClN6O3. The molecule has 2 atom stereocenters. The summed E-state index contributed by atoms with van der Waals surface area (Å²) in [4.78, 5) is 36.0. The summed E-state index contributed by atoms with van der Waals surface area (Å²) in [6, 6.07) is 14.4. The van der Waals surface area contributed by atoms with Crippen LogP contribution in [-0.4, -0.2) is 48.1 Å². The first-order chi connectivity index (χ1) is 18.1. The van der Waals surface area contributed by atoms with Gasteiger partial charge in [0, 0.05) is 48.4 Å². The number of carbonyl (C=O) groups is 2. The molecule has 0 radical (unpaired) electrons. The Bertz CT molecular complexity index is 1250. The summed E-state index contributed by atoms with van der Waals surface area (Å²) in [6.07, 6.45) is 4.24. The molecule has 3 N–H and O–H groups in total. The molecule has 38 heavy (non-hydrogen) atoms. The highest BCUT2D eigenvalue weighted by atomic mass is 35.5. The van der Waals surface area contributed by atoms with E-state index in [-0.39, 0.29) is 23.9 Å². The Balaban J connectivity index is 1.51. The standard InChI is InChI=1S/C28H33ClN6O3/c1-18(36)34-28(2,3)26-12-9-21(15-31-26)35-14-13-25(23(17-35)24-11-10-22(38-4)16-30-24)33-27(37)32-20-7-5-19(29)6-8-20/h5-12,15-16,23,25H,13-14,17H2,1-4H3,(H,34,36)(H2,32,33,37). The molecule has 1 aliphatic heterocycles. The van der Waals surface area contributed by atoms with E-state index in [0.29, 0.717) is 29.4 Å². The Morgan fingerprint density at radius 3 is 2.42 bits per heavy atom. The lowest BCUT2D eigenvalue weighted by molar-refractivity contribution is -0.120. The van der Waals surface area contributed by atoms with E-state index in [4.69, 9.17) is 16.3 Å². The van der Waals surface area contributed by atoms with Crippen LogP contribution >= 0.6 is 11.6 Å². The van der Waals surface area contributed by atoms with Gasteiger partial charge in [-0.1, -0.05) is 11.6 Å². The highest BCUT2D eigenvalue weighted by molar-refractivity contribution is 6.30. The SMILES string of the molecule is COc1ccc(C2CN(c3ccc(C(C)(C)NC(C)=O)nc3)CCC2NC(=O)Nc2ccc(Cl)cc2)nc1. The maximum absolute atomic E-state index is 12.9. The van der Waals surface area contributed by atoms with Crippen LogP contribution in [0.25, 0.3) is 0 Å². The monoisotopic (exact) mass is 536 g/mol. The average molecular weight is 537 g/mol. The molecule has 1 fully saturated rings. The van der Waals surface area contributed by atoms with Crippen LogP contribution in [0.1, 0.15) is 44.5 Å². The Morgan fingerprint density at radius 2 is 1.82 bits per heavy atom. The zero-order valence-electron chi connectivity index (χ0n) is 22.0.